The molecule has 0 aliphatic carbocycles. The summed E-state index contributed by atoms with van der Waals surface area (Å²) < 4.78 is 1.86. The molecule has 0 spiro atoms. The molecular weight excluding hydrogens is 465 g/mol. The number of carboxylic acids is 1. The fraction of sp³-hybridized carbons (Fsp3) is 0.261. The lowest BCUT2D eigenvalue weighted by atomic mass is 10.1. The number of nitrogens with two attached hydrogens (primary N) is 1. The summed E-state index contributed by atoms with van der Waals surface area (Å²) in [5.41, 5.74) is 8.31. The summed E-state index contributed by atoms with van der Waals surface area (Å²) in [7, 11) is 0. The number of aromatic carboxylic acids is 1. The quantitative estimate of drug-likeness (QED) is 0.404. The van der Waals surface area contributed by atoms with E-state index in [2.05, 4.69) is 9.88 Å². The van der Waals surface area contributed by atoms with E-state index in [-0.39, 0.29) is 29.6 Å². The van der Waals surface area contributed by atoms with Gasteiger partial charge in [-0.15, -0.1) is 12.4 Å². The first-order valence-corrected chi connectivity index (χ1v) is 10.8. The first-order chi connectivity index (χ1) is 15.4. The van der Waals surface area contributed by atoms with Crippen molar-refractivity contribution in [1.82, 2.24) is 14.5 Å². The van der Waals surface area contributed by atoms with Crippen molar-refractivity contribution in [3.8, 4) is 0 Å². The number of piperidine rings is 1. The lowest BCUT2D eigenvalue weighted by Crippen LogP contribution is -2.44. The number of halogens is 2. The van der Waals surface area contributed by atoms with E-state index >= 15 is 0 Å². The smallest absolute Gasteiger partial charge is 0.335 e. The highest BCUT2D eigenvalue weighted by Crippen LogP contribution is 2.30. The zero-order chi connectivity index (χ0) is 22.4. The van der Waals surface area contributed by atoms with E-state index in [1.807, 2.05) is 28.8 Å². The van der Waals surface area contributed by atoms with Gasteiger partial charge in [-0.3, -0.25) is 4.79 Å². The molecule has 1 saturated heterocycles. The Kier molecular flexibility index (Phi) is 6.34. The minimum atomic E-state index is -1.04. The number of hydrogen-bond acceptors (Lipinski definition) is 5. The molecule has 0 unspecified atom stereocenters. The molecule has 8 nitrogen and oxygen atoms in total. The summed E-state index contributed by atoms with van der Waals surface area (Å²) >= 11 is 6.43. The van der Waals surface area contributed by atoms with E-state index in [0.717, 1.165) is 24.9 Å². The molecule has 2 aromatic heterocycles. The normalized spacial score (nSPS) is 16.2. The highest BCUT2D eigenvalue weighted by atomic mass is 35.5. The monoisotopic (exact) mass is 487 g/mol. The largest absolute Gasteiger partial charge is 0.478 e. The average molecular weight is 488 g/mol. The predicted molar refractivity (Wildman–Crippen MR) is 132 cm³/mol. The van der Waals surface area contributed by atoms with Crippen LogP contribution in [0.1, 0.15) is 28.8 Å². The number of aromatic amines is 1. The molecule has 3 heterocycles. The van der Waals surface area contributed by atoms with Crippen molar-refractivity contribution in [3.63, 3.8) is 0 Å². The molecule has 33 heavy (non-hydrogen) atoms. The minimum absolute atomic E-state index is 0. The number of carbonyl (C=O) groups is 1. The number of benzene rings is 2. The van der Waals surface area contributed by atoms with E-state index in [1.165, 1.54) is 6.07 Å². The Hall–Kier alpha value is -3.07. The summed E-state index contributed by atoms with van der Waals surface area (Å²) in [5, 5.41) is 10.6. The summed E-state index contributed by atoms with van der Waals surface area (Å²) in [5.74, 6) is -0.405. The van der Waals surface area contributed by atoms with Gasteiger partial charge in [-0.1, -0.05) is 29.8 Å². The van der Waals surface area contributed by atoms with E-state index in [4.69, 9.17) is 22.3 Å². The van der Waals surface area contributed by atoms with E-state index < -0.39 is 5.97 Å². The first-order valence-electron chi connectivity index (χ1n) is 10.5. The van der Waals surface area contributed by atoms with E-state index in [0.29, 0.717) is 46.0 Å². The fourth-order valence-corrected chi connectivity index (χ4v) is 4.60. The Balaban J connectivity index is 0.00000259. The molecule has 4 N–H and O–H groups in total. The molecule has 10 heteroatoms. The van der Waals surface area contributed by atoms with Crippen LogP contribution in [0.5, 0.6) is 0 Å². The number of rotatable bonds is 4. The molecular formula is C23H23Cl2N5O3. The van der Waals surface area contributed by atoms with Gasteiger partial charge in [0.15, 0.2) is 0 Å². The van der Waals surface area contributed by atoms with Crippen molar-refractivity contribution in [1.29, 1.82) is 0 Å². The van der Waals surface area contributed by atoms with Crippen LogP contribution in [0.15, 0.2) is 47.3 Å². The summed E-state index contributed by atoms with van der Waals surface area (Å²) in [6, 6.07) is 12.1. The maximum absolute atomic E-state index is 13.2. The van der Waals surface area contributed by atoms with Crippen molar-refractivity contribution in [2.45, 2.75) is 25.4 Å². The van der Waals surface area contributed by atoms with Gasteiger partial charge in [0.25, 0.3) is 5.56 Å². The Morgan fingerprint density at radius 1 is 1.27 bits per heavy atom. The minimum Gasteiger partial charge on any atom is -0.478 e. The Morgan fingerprint density at radius 2 is 2.06 bits per heavy atom. The number of anilines is 1. The SMILES string of the molecule is Cl.N[C@@H]1CCCN(c2nc3c4cc(C(=O)O)ccc4[nH]c(=O)c3n2Cc2ccccc2Cl)C1. The van der Waals surface area contributed by atoms with Gasteiger partial charge in [-0.25, -0.2) is 9.78 Å². The van der Waals surface area contributed by atoms with Crippen LogP contribution in [0.25, 0.3) is 21.9 Å². The molecule has 0 bridgehead atoms. The zero-order valence-electron chi connectivity index (χ0n) is 17.6. The van der Waals surface area contributed by atoms with Crippen LogP contribution < -0.4 is 16.2 Å². The molecule has 0 radical (unpaired) electrons. The highest BCUT2D eigenvalue weighted by molar-refractivity contribution is 6.31. The Bertz CT molecular complexity index is 1410. The standard InChI is InChI=1S/C23H22ClN5O3.ClH/c24-17-6-2-1-4-14(17)11-29-20-19(27-23(29)28-9-3-5-15(25)12-28)16-10-13(22(31)32)7-8-18(16)26-21(20)30;/h1-2,4,6-8,10,15H,3,5,9,11-12,25H2,(H,26,30)(H,31,32);1H/t15-;/m1./s1. The van der Waals surface area contributed by atoms with Crippen molar-refractivity contribution in [2.75, 3.05) is 18.0 Å². The van der Waals surface area contributed by atoms with Gasteiger partial charge in [-0.05, 0) is 42.7 Å². The van der Waals surface area contributed by atoms with Gasteiger partial charge in [0.2, 0.25) is 5.95 Å². The second-order valence-corrected chi connectivity index (χ2v) is 8.56. The number of nitrogens with one attached hydrogen (secondary N) is 1. The van der Waals surface area contributed by atoms with Crippen LogP contribution in [0, 0.1) is 0 Å². The second kappa shape index (κ2) is 9.05. The van der Waals surface area contributed by atoms with Crippen molar-refractivity contribution in [3.05, 3.63) is 69.0 Å². The van der Waals surface area contributed by atoms with Crippen molar-refractivity contribution in [2.24, 2.45) is 5.73 Å². The lowest BCUT2D eigenvalue weighted by molar-refractivity contribution is 0.0697. The van der Waals surface area contributed by atoms with Gasteiger partial charge >= 0.3 is 5.97 Å². The van der Waals surface area contributed by atoms with Crippen LogP contribution in [0.3, 0.4) is 0 Å². The molecule has 5 rings (SSSR count). The van der Waals surface area contributed by atoms with Crippen LogP contribution in [0.2, 0.25) is 5.02 Å². The molecule has 1 aliphatic rings. The van der Waals surface area contributed by atoms with Crippen LogP contribution in [-0.4, -0.2) is 44.7 Å². The number of carboxylic acid groups (broad SMARTS) is 1. The third-order valence-corrected chi connectivity index (χ3v) is 6.33. The first kappa shape index (κ1) is 23.1. The molecule has 1 aliphatic heterocycles. The summed E-state index contributed by atoms with van der Waals surface area (Å²) in [6.07, 6.45) is 1.86. The molecule has 1 atom stereocenters. The fourth-order valence-electron chi connectivity index (χ4n) is 4.40. The van der Waals surface area contributed by atoms with Gasteiger partial charge < -0.3 is 25.3 Å². The number of imidazole rings is 1. The number of hydrogen-bond donors (Lipinski definition) is 3. The highest BCUT2D eigenvalue weighted by Gasteiger charge is 2.25. The third-order valence-electron chi connectivity index (χ3n) is 5.96. The molecule has 4 aromatic rings. The lowest BCUT2D eigenvalue weighted by Gasteiger charge is -2.32. The topological polar surface area (TPSA) is 117 Å². The Labute approximate surface area is 200 Å². The molecule has 0 saturated carbocycles. The number of nitrogens with zero attached hydrogens (tertiary/aromatic N) is 3. The molecule has 0 amide bonds. The third kappa shape index (κ3) is 4.17. The van der Waals surface area contributed by atoms with E-state index in [1.54, 1.807) is 12.1 Å². The van der Waals surface area contributed by atoms with Crippen LogP contribution in [-0.2, 0) is 6.54 Å². The van der Waals surface area contributed by atoms with Gasteiger partial charge in [-0.2, -0.15) is 0 Å². The molecule has 172 valence electrons. The maximum Gasteiger partial charge on any atom is 0.335 e. The van der Waals surface area contributed by atoms with Crippen molar-refractivity contribution >= 4 is 57.9 Å². The second-order valence-electron chi connectivity index (χ2n) is 8.15. The number of aromatic nitrogens is 3. The van der Waals surface area contributed by atoms with Crippen molar-refractivity contribution < 1.29 is 9.90 Å². The van der Waals surface area contributed by atoms with Crippen LogP contribution >= 0.6 is 24.0 Å². The van der Waals surface area contributed by atoms with Crippen LogP contribution in [0.4, 0.5) is 5.95 Å². The number of pyridine rings is 1. The summed E-state index contributed by atoms with van der Waals surface area (Å²) in [6.45, 7) is 1.75. The van der Waals surface area contributed by atoms with Gasteiger partial charge in [0, 0.05) is 29.5 Å². The number of H-pyrrole nitrogens is 1. The predicted octanol–water partition coefficient (Wildman–Crippen LogP) is 3.63. The number of fused-ring (bicyclic) bond motifs is 3. The van der Waals surface area contributed by atoms with Gasteiger partial charge in [0.05, 0.1) is 17.6 Å². The molecule has 1 fully saturated rings. The van der Waals surface area contributed by atoms with Gasteiger partial charge in [0.1, 0.15) is 11.0 Å². The maximum atomic E-state index is 13.2. The van der Waals surface area contributed by atoms with E-state index in [9.17, 15) is 14.7 Å². The Morgan fingerprint density at radius 3 is 2.79 bits per heavy atom. The average Bonchev–Trinajstić information content (AvgIpc) is 3.15. The molecule has 2 aromatic carbocycles. The summed E-state index contributed by atoms with van der Waals surface area (Å²) in [4.78, 5) is 34.5. The zero-order valence-corrected chi connectivity index (χ0v) is 19.2.